The zero-order valence-electron chi connectivity index (χ0n) is 18.4. The quantitative estimate of drug-likeness (QED) is 0.386. The normalized spacial score (nSPS) is 24.2. The van der Waals surface area contributed by atoms with Crippen LogP contribution in [0.5, 0.6) is 0 Å². The van der Waals surface area contributed by atoms with Gasteiger partial charge in [0.15, 0.2) is 0 Å². The molecule has 0 unspecified atom stereocenters. The highest BCUT2D eigenvalue weighted by Gasteiger charge is 2.51. The predicted molar refractivity (Wildman–Crippen MR) is 125 cm³/mol. The maximum absolute atomic E-state index is 13.9. The number of halogens is 2. The van der Waals surface area contributed by atoms with E-state index in [4.69, 9.17) is 27.9 Å². The van der Waals surface area contributed by atoms with Crippen molar-refractivity contribution < 1.29 is 19.1 Å². The van der Waals surface area contributed by atoms with Gasteiger partial charge in [0, 0.05) is 28.4 Å². The zero-order chi connectivity index (χ0) is 23.5. The van der Waals surface area contributed by atoms with Gasteiger partial charge in [-0.2, -0.15) is 0 Å². The molecule has 0 aromatic heterocycles. The molecule has 0 N–H and O–H groups in total. The van der Waals surface area contributed by atoms with Gasteiger partial charge in [-0.1, -0.05) is 54.4 Å². The number of aldehydes is 1. The number of likely N-dealkylation sites (tertiary alicyclic amines) is 1. The number of piperidine rings is 1. The molecule has 0 spiro atoms. The first-order valence-corrected chi connectivity index (χ1v) is 11.3. The van der Waals surface area contributed by atoms with Gasteiger partial charge in [-0.3, -0.25) is 9.59 Å². The van der Waals surface area contributed by atoms with E-state index in [9.17, 15) is 14.4 Å². The molecule has 2 aromatic rings. The molecule has 5 nitrogen and oxygen atoms in total. The van der Waals surface area contributed by atoms with E-state index in [1.807, 2.05) is 37.3 Å². The summed E-state index contributed by atoms with van der Waals surface area (Å²) >= 11 is 12.4. The van der Waals surface area contributed by atoms with Gasteiger partial charge in [-0.05, 0) is 48.7 Å². The van der Waals surface area contributed by atoms with E-state index in [0.29, 0.717) is 16.5 Å². The van der Waals surface area contributed by atoms with Crippen LogP contribution in [0.3, 0.4) is 0 Å². The standard InChI is InChI=1S/C25H27Cl2NO4/c1-16(11-12-29)28-23(17-7-9-19(26)10-8-17)21(18-5-4-6-20(27)13-18)14-25(2,24(28)31)15-22(30)32-3/h4-10,12-13,16,21,23H,11,14-15H2,1-3H3/t16-,21+,23+,25+/m0/s1. The Morgan fingerprint density at radius 3 is 2.47 bits per heavy atom. The second kappa shape index (κ2) is 10.1. The number of ether oxygens (including phenoxy) is 1. The highest BCUT2D eigenvalue weighted by atomic mass is 35.5. The average Bonchev–Trinajstić information content (AvgIpc) is 2.76. The highest BCUT2D eigenvalue weighted by Crippen LogP contribution is 2.52. The fraction of sp³-hybridized carbons (Fsp3) is 0.400. The summed E-state index contributed by atoms with van der Waals surface area (Å²) in [6, 6.07) is 14.2. The van der Waals surface area contributed by atoms with Crippen LogP contribution in [0.1, 0.15) is 56.2 Å². The Labute approximate surface area is 198 Å². The minimum absolute atomic E-state index is 0.0446. The van der Waals surface area contributed by atoms with Gasteiger partial charge in [0.25, 0.3) is 0 Å². The summed E-state index contributed by atoms with van der Waals surface area (Å²) in [4.78, 5) is 39.2. The number of benzene rings is 2. The van der Waals surface area contributed by atoms with Crippen LogP contribution in [0, 0.1) is 5.41 Å². The molecule has 1 fully saturated rings. The largest absolute Gasteiger partial charge is 0.469 e. The van der Waals surface area contributed by atoms with Gasteiger partial charge in [-0.25, -0.2) is 0 Å². The first-order valence-electron chi connectivity index (χ1n) is 10.5. The van der Waals surface area contributed by atoms with Gasteiger partial charge in [0.05, 0.1) is 25.0 Å². The van der Waals surface area contributed by atoms with E-state index >= 15 is 0 Å². The third-order valence-corrected chi connectivity index (χ3v) is 6.75. The molecular formula is C25H27Cl2NO4. The number of carbonyl (C=O) groups is 3. The molecule has 1 amide bonds. The first kappa shape index (κ1) is 24.3. The molecule has 0 radical (unpaired) electrons. The zero-order valence-corrected chi connectivity index (χ0v) is 19.9. The lowest BCUT2D eigenvalue weighted by Gasteiger charge is -2.51. The van der Waals surface area contributed by atoms with Crippen LogP contribution >= 0.6 is 23.2 Å². The van der Waals surface area contributed by atoms with Gasteiger partial charge in [-0.15, -0.1) is 0 Å². The lowest BCUT2D eigenvalue weighted by molar-refractivity contribution is -0.161. The number of amides is 1. The molecule has 0 aliphatic carbocycles. The monoisotopic (exact) mass is 475 g/mol. The second-order valence-corrected chi connectivity index (χ2v) is 9.51. The summed E-state index contributed by atoms with van der Waals surface area (Å²) in [7, 11) is 1.32. The van der Waals surface area contributed by atoms with Gasteiger partial charge in [0.1, 0.15) is 6.29 Å². The van der Waals surface area contributed by atoms with Gasteiger partial charge >= 0.3 is 5.97 Å². The van der Waals surface area contributed by atoms with Crippen LogP contribution in [0.25, 0.3) is 0 Å². The maximum atomic E-state index is 13.9. The molecular weight excluding hydrogens is 449 g/mol. The Balaban J connectivity index is 2.20. The molecule has 0 saturated carbocycles. The third-order valence-electron chi connectivity index (χ3n) is 6.26. The van der Waals surface area contributed by atoms with E-state index in [1.165, 1.54) is 7.11 Å². The molecule has 0 bridgehead atoms. The van der Waals surface area contributed by atoms with Crippen molar-refractivity contribution in [2.45, 2.75) is 51.1 Å². The van der Waals surface area contributed by atoms with Crippen molar-refractivity contribution in [1.29, 1.82) is 0 Å². The van der Waals surface area contributed by atoms with Gasteiger partial charge < -0.3 is 14.4 Å². The molecule has 1 aliphatic rings. The summed E-state index contributed by atoms with van der Waals surface area (Å²) in [6.45, 7) is 3.65. The third kappa shape index (κ3) is 5.00. The molecule has 32 heavy (non-hydrogen) atoms. The number of rotatable bonds is 7. The molecule has 1 aliphatic heterocycles. The van der Waals surface area contributed by atoms with Crippen molar-refractivity contribution in [3.63, 3.8) is 0 Å². The lowest BCUT2D eigenvalue weighted by Crippen LogP contribution is -2.55. The van der Waals surface area contributed by atoms with Crippen LogP contribution < -0.4 is 0 Å². The fourth-order valence-corrected chi connectivity index (χ4v) is 5.00. The Morgan fingerprint density at radius 1 is 1.19 bits per heavy atom. The van der Waals surface area contributed by atoms with Crippen LogP contribution in [0.2, 0.25) is 10.0 Å². The fourth-order valence-electron chi connectivity index (χ4n) is 4.67. The number of methoxy groups -OCH3 is 1. The molecule has 4 atom stereocenters. The smallest absolute Gasteiger partial charge is 0.306 e. The van der Waals surface area contributed by atoms with Crippen molar-refractivity contribution >= 4 is 41.4 Å². The minimum Gasteiger partial charge on any atom is -0.469 e. The number of nitrogens with zero attached hydrogens (tertiary/aromatic N) is 1. The first-order chi connectivity index (χ1) is 15.2. The van der Waals surface area contributed by atoms with E-state index in [2.05, 4.69) is 0 Å². The van der Waals surface area contributed by atoms with Gasteiger partial charge in [0.2, 0.25) is 5.91 Å². The summed E-state index contributed by atoms with van der Waals surface area (Å²) in [5.74, 6) is -0.773. The molecule has 2 aromatic carbocycles. The summed E-state index contributed by atoms with van der Waals surface area (Å²) in [6.07, 6.45) is 1.39. The van der Waals surface area contributed by atoms with E-state index in [1.54, 1.807) is 30.0 Å². The van der Waals surface area contributed by atoms with Crippen LogP contribution in [-0.2, 0) is 19.1 Å². The van der Waals surface area contributed by atoms with Crippen molar-refractivity contribution in [3.8, 4) is 0 Å². The van der Waals surface area contributed by atoms with Crippen molar-refractivity contribution in [3.05, 3.63) is 69.7 Å². The molecule has 170 valence electrons. The Morgan fingerprint density at radius 2 is 1.88 bits per heavy atom. The van der Waals surface area contributed by atoms with Crippen LogP contribution in [0.15, 0.2) is 48.5 Å². The summed E-state index contributed by atoms with van der Waals surface area (Å²) in [5, 5.41) is 1.19. The number of esters is 1. The Hall–Kier alpha value is -2.37. The van der Waals surface area contributed by atoms with Crippen LogP contribution in [0.4, 0.5) is 0 Å². The summed E-state index contributed by atoms with van der Waals surface area (Å²) in [5.41, 5.74) is 0.884. The van der Waals surface area contributed by atoms with Crippen LogP contribution in [-0.4, -0.2) is 36.2 Å². The Kier molecular flexibility index (Phi) is 7.63. The molecule has 7 heteroatoms. The second-order valence-electron chi connectivity index (χ2n) is 8.64. The number of carbonyl (C=O) groups excluding carboxylic acids is 3. The van der Waals surface area contributed by atoms with E-state index < -0.39 is 11.4 Å². The molecule has 1 saturated heterocycles. The van der Waals surface area contributed by atoms with Crippen molar-refractivity contribution in [2.24, 2.45) is 5.41 Å². The van der Waals surface area contributed by atoms with E-state index in [0.717, 1.165) is 17.4 Å². The van der Waals surface area contributed by atoms with Crippen molar-refractivity contribution in [2.75, 3.05) is 7.11 Å². The number of hydrogen-bond donors (Lipinski definition) is 0. The molecule has 1 heterocycles. The summed E-state index contributed by atoms with van der Waals surface area (Å²) < 4.78 is 4.89. The van der Waals surface area contributed by atoms with Crippen molar-refractivity contribution in [1.82, 2.24) is 4.90 Å². The predicted octanol–water partition coefficient (Wildman–Crippen LogP) is 5.60. The average molecular weight is 476 g/mol. The Bertz CT molecular complexity index is 994. The molecule has 3 rings (SSSR count). The highest BCUT2D eigenvalue weighted by molar-refractivity contribution is 6.30. The van der Waals surface area contributed by atoms with E-state index in [-0.39, 0.29) is 36.8 Å². The topological polar surface area (TPSA) is 63.7 Å². The number of hydrogen-bond acceptors (Lipinski definition) is 4. The SMILES string of the molecule is COC(=O)C[C@@]1(C)C[C@H](c2cccc(Cl)c2)[C@@H](c2ccc(Cl)cc2)N([C@@H](C)CC=O)C1=O. The maximum Gasteiger partial charge on any atom is 0.306 e. The lowest BCUT2D eigenvalue weighted by atomic mass is 9.67. The minimum atomic E-state index is -0.986.